The van der Waals surface area contributed by atoms with Crippen LogP contribution in [0.4, 0.5) is 11.7 Å². The van der Waals surface area contributed by atoms with Crippen molar-refractivity contribution in [1.82, 2.24) is 5.16 Å². The second kappa shape index (κ2) is 4.89. The van der Waals surface area contributed by atoms with Gasteiger partial charge in [-0.1, -0.05) is 5.16 Å². The normalized spacial score (nSPS) is 10.2. The molecule has 1 heterocycles. The van der Waals surface area contributed by atoms with Crippen LogP contribution >= 0.6 is 0 Å². The number of aromatic nitrogens is 1. The quantitative estimate of drug-likeness (QED) is 0.774. The van der Waals surface area contributed by atoms with Gasteiger partial charge in [0.25, 0.3) is 5.91 Å². The minimum atomic E-state index is -0.538. The highest BCUT2D eigenvalue weighted by Gasteiger charge is 2.16. The Hall–Kier alpha value is -2.70. The van der Waals surface area contributed by atoms with Crippen LogP contribution in [0.2, 0.25) is 0 Å². The van der Waals surface area contributed by atoms with Gasteiger partial charge in [-0.2, -0.15) is 0 Å². The molecule has 1 amide bonds. The van der Waals surface area contributed by atoms with Crippen LogP contribution in [0, 0.1) is 6.92 Å². The number of phenolic OH excluding ortho intramolecular Hbond substituents is 1. The molecule has 0 spiro atoms. The van der Waals surface area contributed by atoms with Crippen molar-refractivity contribution in [1.29, 1.82) is 0 Å². The molecule has 0 saturated heterocycles. The van der Waals surface area contributed by atoms with Gasteiger partial charge in [-0.25, -0.2) is 0 Å². The SMILES string of the molecule is COc1cc(C(=O)Nc2cc(N)on2)c(O)cc1C. The Morgan fingerprint density at radius 1 is 1.47 bits per heavy atom. The summed E-state index contributed by atoms with van der Waals surface area (Å²) in [5, 5.41) is 15.8. The smallest absolute Gasteiger partial charge is 0.260 e. The summed E-state index contributed by atoms with van der Waals surface area (Å²) in [4.78, 5) is 12.0. The number of nitrogen functional groups attached to an aromatic ring is 1. The Morgan fingerprint density at radius 2 is 2.21 bits per heavy atom. The van der Waals surface area contributed by atoms with Crippen molar-refractivity contribution < 1.29 is 19.2 Å². The van der Waals surface area contributed by atoms with E-state index in [-0.39, 0.29) is 23.0 Å². The van der Waals surface area contributed by atoms with Crippen LogP contribution in [0.15, 0.2) is 22.7 Å². The largest absolute Gasteiger partial charge is 0.507 e. The van der Waals surface area contributed by atoms with Gasteiger partial charge in [0.15, 0.2) is 5.82 Å². The Labute approximate surface area is 109 Å². The number of hydrogen-bond donors (Lipinski definition) is 3. The van der Waals surface area contributed by atoms with E-state index in [0.717, 1.165) is 5.56 Å². The summed E-state index contributed by atoms with van der Waals surface area (Å²) in [7, 11) is 1.49. The summed E-state index contributed by atoms with van der Waals surface area (Å²) >= 11 is 0. The first-order valence-corrected chi connectivity index (χ1v) is 5.42. The van der Waals surface area contributed by atoms with Crippen LogP contribution in [0.1, 0.15) is 15.9 Å². The highest BCUT2D eigenvalue weighted by atomic mass is 16.5. The number of nitrogens with one attached hydrogen (secondary N) is 1. The molecular weight excluding hydrogens is 250 g/mol. The average molecular weight is 263 g/mol. The third-order valence-electron chi connectivity index (χ3n) is 2.53. The Kier molecular flexibility index (Phi) is 3.28. The number of nitrogens with zero attached hydrogens (tertiary/aromatic N) is 1. The molecule has 1 aromatic heterocycles. The molecule has 0 unspecified atom stereocenters. The molecule has 100 valence electrons. The Balaban J connectivity index is 2.28. The van der Waals surface area contributed by atoms with E-state index in [1.165, 1.54) is 25.3 Å². The van der Waals surface area contributed by atoms with Crippen LogP contribution in [-0.4, -0.2) is 23.3 Å². The molecule has 0 bridgehead atoms. The zero-order valence-electron chi connectivity index (χ0n) is 10.4. The van der Waals surface area contributed by atoms with Crippen molar-refractivity contribution in [2.75, 3.05) is 18.2 Å². The van der Waals surface area contributed by atoms with E-state index in [9.17, 15) is 9.90 Å². The van der Waals surface area contributed by atoms with E-state index >= 15 is 0 Å². The number of hydrogen-bond acceptors (Lipinski definition) is 6. The number of aryl methyl sites for hydroxylation is 1. The number of nitrogens with two attached hydrogens (primary N) is 1. The second-order valence-electron chi connectivity index (χ2n) is 3.91. The van der Waals surface area contributed by atoms with Crippen LogP contribution in [0.5, 0.6) is 11.5 Å². The fourth-order valence-corrected chi connectivity index (χ4v) is 1.61. The first kappa shape index (κ1) is 12.7. The topological polar surface area (TPSA) is 111 Å². The molecule has 1 aromatic carbocycles. The monoisotopic (exact) mass is 263 g/mol. The lowest BCUT2D eigenvalue weighted by molar-refractivity contribution is 0.102. The van der Waals surface area contributed by atoms with E-state index in [2.05, 4.69) is 15.0 Å². The van der Waals surface area contributed by atoms with Crippen LogP contribution in [-0.2, 0) is 0 Å². The fraction of sp³-hybridized carbons (Fsp3) is 0.167. The first-order valence-electron chi connectivity index (χ1n) is 5.42. The molecule has 7 heteroatoms. The highest BCUT2D eigenvalue weighted by Crippen LogP contribution is 2.28. The maximum absolute atomic E-state index is 12.0. The molecule has 0 saturated carbocycles. The molecule has 0 aliphatic carbocycles. The molecule has 4 N–H and O–H groups in total. The lowest BCUT2D eigenvalue weighted by atomic mass is 10.1. The molecule has 2 rings (SSSR count). The summed E-state index contributed by atoms with van der Waals surface area (Å²) in [6.45, 7) is 1.76. The van der Waals surface area contributed by atoms with Gasteiger partial charge >= 0.3 is 0 Å². The standard InChI is InChI=1S/C12H13N3O4/c1-6-3-8(16)7(4-9(6)18-2)12(17)14-11-5-10(13)19-15-11/h3-5,16H,13H2,1-2H3,(H,14,15,17). The molecule has 0 aliphatic rings. The highest BCUT2D eigenvalue weighted by molar-refractivity contribution is 6.06. The van der Waals surface area contributed by atoms with Gasteiger partial charge in [0.05, 0.1) is 12.7 Å². The third kappa shape index (κ3) is 2.59. The molecule has 2 aromatic rings. The van der Waals surface area contributed by atoms with Crippen LogP contribution in [0.25, 0.3) is 0 Å². The fourth-order valence-electron chi connectivity index (χ4n) is 1.61. The number of anilines is 2. The molecule has 7 nitrogen and oxygen atoms in total. The van der Waals surface area contributed by atoms with Crippen LogP contribution in [0.3, 0.4) is 0 Å². The Morgan fingerprint density at radius 3 is 2.79 bits per heavy atom. The van der Waals surface area contributed by atoms with Crippen molar-refractivity contribution in [3.8, 4) is 11.5 Å². The predicted octanol–water partition coefficient (Wildman–Crippen LogP) is 1.53. The number of methoxy groups -OCH3 is 1. The van der Waals surface area contributed by atoms with E-state index in [0.29, 0.717) is 5.75 Å². The number of aromatic hydroxyl groups is 1. The number of benzene rings is 1. The molecule has 19 heavy (non-hydrogen) atoms. The number of ether oxygens (including phenoxy) is 1. The van der Waals surface area contributed by atoms with Crippen molar-refractivity contribution in [2.24, 2.45) is 0 Å². The van der Waals surface area contributed by atoms with Crippen molar-refractivity contribution in [2.45, 2.75) is 6.92 Å². The van der Waals surface area contributed by atoms with Gasteiger partial charge in [0, 0.05) is 6.07 Å². The maximum Gasteiger partial charge on any atom is 0.260 e. The molecule has 0 radical (unpaired) electrons. The van der Waals surface area contributed by atoms with E-state index in [4.69, 9.17) is 10.5 Å². The van der Waals surface area contributed by atoms with Gasteiger partial charge in [-0.05, 0) is 24.6 Å². The summed E-state index contributed by atoms with van der Waals surface area (Å²) in [5.74, 6) is 0.0708. The number of amides is 1. The maximum atomic E-state index is 12.0. The van der Waals surface area contributed by atoms with Crippen molar-refractivity contribution in [3.63, 3.8) is 0 Å². The summed E-state index contributed by atoms with van der Waals surface area (Å²) in [5.41, 5.74) is 6.14. The zero-order chi connectivity index (χ0) is 14.0. The van der Waals surface area contributed by atoms with Gasteiger partial charge in [-0.3, -0.25) is 4.79 Å². The minimum absolute atomic E-state index is 0.0732. The number of phenols is 1. The van der Waals surface area contributed by atoms with Gasteiger partial charge in [-0.15, -0.1) is 0 Å². The summed E-state index contributed by atoms with van der Waals surface area (Å²) in [6, 6.07) is 4.26. The zero-order valence-corrected chi connectivity index (χ0v) is 10.4. The van der Waals surface area contributed by atoms with Crippen LogP contribution < -0.4 is 15.8 Å². The Bertz CT molecular complexity index is 621. The number of carbonyl (C=O) groups is 1. The third-order valence-corrected chi connectivity index (χ3v) is 2.53. The predicted molar refractivity (Wildman–Crippen MR) is 68.3 cm³/mol. The van der Waals surface area contributed by atoms with Gasteiger partial charge < -0.3 is 25.4 Å². The van der Waals surface area contributed by atoms with Gasteiger partial charge in [0.1, 0.15) is 11.5 Å². The first-order chi connectivity index (χ1) is 9.01. The second-order valence-corrected chi connectivity index (χ2v) is 3.91. The lowest BCUT2D eigenvalue weighted by Gasteiger charge is -2.09. The van der Waals surface area contributed by atoms with Crippen molar-refractivity contribution in [3.05, 3.63) is 29.3 Å². The molecular formula is C12H13N3O4. The summed E-state index contributed by atoms with van der Waals surface area (Å²) < 4.78 is 9.72. The number of carbonyl (C=O) groups excluding carboxylic acids is 1. The lowest BCUT2D eigenvalue weighted by Crippen LogP contribution is -2.12. The van der Waals surface area contributed by atoms with E-state index < -0.39 is 5.91 Å². The number of rotatable bonds is 3. The molecule has 0 fully saturated rings. The average Bonchev–Trinajstić information content (AvgIpc) is 2.74. The van der Waals surface area contributed by atoms with Crippen molar-refractivity contribution >= 4 is 17.6 Å². The molecule has 0 atom stereocenters. The minimum Gasteiger partial charge on any atom is -0.507 e. The van der Waals surface area contributed by atoms with E-state index in [1.54, 1.807) is 6.92 Å². The summed E-state index contributed by atoms with van der Waals surface area (Å²) in [6.07, 6.45) is 0. The molecule has 0 aliphatic heterocycles. The van der Waals surface area contributed by atoms with Gasteiger partial charge in [0.2, 0.25) is 5.88 Å². The van der Waals surface area contributed by atoms with E-state index in [1.807, 2.05) is 0 Å².